The third-order valence-electron chi connectivity index (χ3n) is 2.62. The number of carbonyl (C=O) groups excluding carboxylic acids is 1. The molecular weight excluding hydrogens is 313 g/mol. The minimum Gasteiger partial charge on any atom is -0.472 e. The van der Waals surface area contributed by atoms with Gasteiger partial charge in [-0.1, -0.05) is 29.3 Å². The van der Waals surface area contributed by atoms with Crippen molar-refractivity contribution in [3.05, 3.63) is 51.9 Å². The van der Waals surface area contributed by atoms with E-state index in [1.54, 1.807) is 18.2 Å². The predicted octanol–water partition coefficient (Wildman–Crippen LogP) is 3.11. The zero-order valence-electron chi connectivity index (χ0n) is 11.3. The van der Waals surface area contributed by atoms with Gasteiger partial charge in [-0.3, -0.25) is 4.79 Å². The van der Waals surface area contributed by atoms with Gasteiger partial charge in [0.2, 0.25) is 5.88 Å². The molecule has 0 aliphatic carbocycles. The third kappa shape index (κ3) is 4.06. The van der Waals surface area contributed by atoms with Crippen LogP contribution >= 0.6 is 23.2 Å². The quantitative estimate of drug-likeness (QED) is 0.917. The molecular formula is C14H13Cl2N3O2. The average molecular weight is 326 g/mol. The van der Waals surface area contributed by atoms with Crippen molar-refractivity contribution in [2.75, 3.05) is 6.54 Å². The normalized spacial score (nSPS) is 10.2. The Hall–Kier alpha value is -1.85. The first-order valence-corrected chi connectivity index (χ1v) is 7.03. The highest BCUT2D eigenvalue weighted by molar-refractivity contribution is 6.35. The predicted molar refractivity (Wildman–Crippen MR) is 80.8 cm³/mol. The molecule has 0 aliphatic heterocycles. The molecule has 5 nitrogen and oxygen atoms in total. The summed E-state index contributed by atoms with van der Waals surface area (Å²) in [5.41, 5.74) is 0.912. The van der Waals surface area contributed by atoms with Crippen LogP contribution < -0.4 is 10.1 Å². The fourth-order valence-electron chi connectivity index (χ4n) is 1.58. The van der Waals surface area contributed by atoms with Crippen LogP contribution in [-0.2, 0) is 6.61 Å². The number of nitrogens with one attached hydrogen (secondary N) is 1. The number of aromatic nitrogens is 2. The molecule has 21 heavy (non-hydrogen) atoms. The van der Waals surface area contributed by atoms with Gasteiger partial charge in [0.15, 0.2) is 0 Å². The molecule has 2 aromatic rings. The lowest BCUT2D eigenvalue weighted by molar-refractivity contribution is 0.0950. The second-order valence-corrected chi connectivity index (χ2v) is 4.90. The van der Waals surface area contributed by atoms with Crippen molar-refractivity contribution < 1.29 is 9.53 Å². The van der Waals surface area contributed by atoms with E-state index in [1.807, 2.05) is 6.92 Å². The number of hydrogen-bond donors (Lipinski definition) is 1. The van der Waals surface area contributed by atoms with Crippen LogP contribution in [0.4, 0.5) is 0 Å². The standard InChI is InChI=1S/C14H13Cl2N3O2/c1-2-17-14(20)12-6-19-13(7-18-12)21-8-9-10(15)4-3-5-11(9)16/h3-7H,2,8H2,1H3,(H,17,20). The summed E-state index contributed by atoms with van der Waals surface area (Å²) >= 11 is 12.1. The van der Waals surface area contributed by atoms with Gasteiger partial charge in [0.25, 0.3) is 5.91 Å². The van der Waals surface area contributed by atoms with E-state index in [4.69, 9.17) is 27.9 Å². The van der Waals surface area contributed by atoms with Crippen LogP contribution in [0.5, 0.6) is 5.88 Å². The molecule has 0 fully saturated rings. The van der Waals surface area contributed by atoms with Gasteiger partial charge in [0, 0.05) is 22.2 Å². The van der Waals surface area contributed by atoms with Crippen LogP contribution in [-0.4, -0.2) is 22.4 Å². The summed E-state index contributed by atoms with van der Waals surface area (Å²) in [4.78, 5) is 19.5. The van der Waals surface area contributed by atoms with Gasteiger partial charge in [-0.15, -0.1) is 0 Å². The molecule has 0 saturated carbocycles. The molecule has 0 atom stereocenters. The van der Waals surface area contributed by atoms with E-state index in [9.17, 15) is 4.79 Å². The summed E-state index contributed by atoms with van der Waals surface area (Å²) in [5.74, 6) is 0.0183. The molecule has 0 unspecified atom stereocenters. The smallest absolute Gasteiger partial charge is 0.271 e. The highest BCUT2D eigenvalue weighted by Gasteiger charge is 2.09. The Labute approximate surface area is 132 Å². The maximum atomic E-state index is 11.5. The molecule has 0 spiro atoms. The Morgan fingerprint density at radius 2 is 1.95 bits per heavy atom. The number of nitrogens with zero attached hydrogens (tertiary/aromatic N) is 2. The highest BCUT2D eigenvalue weighted by Crippen LogP contribution is 2.25. The van der Waals surface area contributed by atoms with Crippen molar-refractivity contribution in [3.8, 4) is 5.88 Å². The zero-order chi connectivity index (χ0) is 15.2. The summed E-state index contributed by atoms with van der Waals surface area (Å²) in [6, 6.07) is 5.22. The SMILES string of the molecule is CCNC(=O)c1cnc(OCc2c(Cl)cccc2Cl)cn1. The number of carbonyl (C=O) groups is 1. The lowest BCUT2D eigenvalue weighted by atomic mass is 10.2. The molecule has 0 aliphatic rings. The summed E-state index contributed by atoms with van der Waals surface area (Å²) in [6.45, 7) is 2.54. The number of amides is 1. The maximum Gasteiger partial charge on any atom is 0.271 e. The molecule has 1 aromatic heterocycles. The molecule has 0 radical (unpaired) electrons. The molecule has 110 valence electrons. The lowest BCUT2D eigenvalue weighted by Gasteiger charge is -2.08. The van der Waals surface area contributed by atoms with Crippen molar-refractivity contribution in [2.45, 2.75) is 13.5 Å². The van der Waals surface area contributed by atoms with Crippen LogP contribution in [0.25, 0.3) is 0 Å². The first kappa shape index (κ1) is 15.5. The van der Waals surface area contributed by atoms with Crippen LogP contribution in [0.2, 0.25) is 10.0 Å². The highest BCUT2D eigenvalue weighted by atomic mass is 35.5. The van der Waals surface area contributed by atoms with Crippen molar-refractivity contribution in [2.24, 2.45) is 0 Å². The van der Waals surface area contributed by atoms with E-state index in [1.165, 1.54) is 12.4 Å². The number of hydrogen-bond acceptors (Lipinski definition) is 4. The minimum atomic E-state index is -0.273. The van der Waals surface area contributed by atoms with E-state index >= 15 is 0 Å². The second-order valence-electron chi connectivity index (χ2n) is 4.09. The molecule has 7 heteroatoms. The Morgan fingerprint density at radius 1 is 1.24 bits per heavy atom. The lowest BCUT2D eigenvalue weighted by Crippen LogP contribution is -2.23. The molecule has 1 N–H and O–H groups in total. The Balaban J connectivity index is 2.03. The number of ether oxygens (including phenoxy) is 1. The Morgan fingerprint density at radius 3 is 2.52 bits per heavy atom. The van der Waals surface area contributed by atoms with Crippen LogP contribution in [0, 0.1) is 0 Å². The van der Waals surface area contributed by atoms with Gasteiger partial charge in [-0.25, -0.2) is 9.97 Å². The number of benzene rings is 1. The van der Waals surface area contributed by atoms with Crippen molar-refractivity contribution in [3.63, 3.8) is 0 Å². The fourth-order valence-corrected chi connectivity index (χ4v) is 2.08. The van der Waals surface area contributed by atoms with Crippen LogP contribution in [0.15, 0.2) is 30.6 Å². The molecule has 0 saturated heterocycles. The largest absolute Gasteiger partial charge is 0.472 e. The first-order chi connectivity index (χ1) is 10.1. The van der Waals surface area contributed by atoms with E-state index in [0.29, 0.717) is 28.0 Å². The van der Waals surface area contributed by atoms with Gasteiger partial charge in [0.1, 0.15) is 12.3 Å². The van der Waals surface area contributed by atoms with E-state index in [2.05, 4.69) is 15.3 Å². The Bertz CT molecular complexity index is 612. The fraction of sp³-hybridized carbons (Fsp3) is 0.214. The van der Waals surface area contributed by atoms with Gasteiger partial charge in [0.05, 0.1) is 12.4 Å². The van der Waals surface area contributed by atoms with Crippen molar-refractivity contribution in [1.29, 1.82) is 0 Å². The number of rotatable bonds is 5. The first-order valence-electron chi connectivity index (χ1n) is 6.27. The molecule has 1 aromatic carbocycles. The monoisotopic (exact) mass is 325 g/mol. The van der Waals surface area contributed by atoms with Gasteiger partial charge in [-0.2, -0.15) is 0 Å². The van der Waals surface area contributed by atoms with Gasteiger partial charge in [-0.05, 0) is 19.1 Å². The zero-order valence-corrected chi connectivity index (χ0v) is 12.8. The molecule has 1 heterocycles. The Kier molecular flexibility index (Phi) is 5.36. The van der Waals surface area contributed by atoms with Crippen molar-refractivity contribution in [1.82, 2.24) is 15.3 Å². The van der Waals surface area contributed by atoms with E-state index in [0.717, 1.165) is 0 Å². The van der Waals surface area contributed by atoms with E-state index in [-0.39, 0.29) is 18.2 Å². The summed E-state index contributed by atoms with van der Waals surface area (Å²) in [7, 11) is 0. The van der Waals surface area contributed by atoms with Gasteiger partial charge < -0.3 is 10.1 Å². The third-order valence-corrected chi connectivity index (χ3v) is 3.33. The maximum absolute atomic E-state index is 11.5. The van der Waals surface area contributed by atoms with Crippen LogP contribution in [0.1, 0.15) is 23.0 Å². The average Bonchev–Trinajstić information content (AvgIpc) is 2.47. The molecule has 0 bridgehead atoms. The van der Waals surface area contributed by atoms with E-state index < -0.39 is 0 Å². The second kappa shape index (κ2) is 7.24. The molecule has 1 amide bonds. The van der Waals surface area contributed by atoms with Gasteiger partial charge >= 0.3 is 0 Å². The topological polar surface area (TPSA) is 64.1 Å². The summed E-state index contributed by atoms with van der Waals surface area (Å²) in [5, 5.41) is 3.68. The molecule has 2 rings (SSSR count). The van der Waals surface area contributed by atoms with Crippen molar-refractivity contribution >= 4 is 29.1 Å². The number of halogens is 2. The summed E-state index contributed by atoms with van der Waals surface area (Å²) in [6.07, 6.45) is 2.74. The van der Waals surface area contributed by atoms with Crippen LogP contribution in [0.3, 0.4) is 0 Å². The summed E-state index contributed by atoms with van der Waals surface area (Å²) < 4.78 is 5.47. The minimum absolute atomic E-state index is 0.174.